The number of hydrogen-bond acceptors (Lipinski definition) is 6. The fraction of sp³-hybridized carbons (Fsp3) is 0.667. The van der Waals surface area contributed by atoms with Crippen LogP contribution in [0.3, 0.4) is 0 Å². The summed E-state index contributed by atoms with van der Waals surface area (Å²) < 4.78 is 7.94. The summed E-state index contributed by atoms with van der Waals surface area (Å²) in [7, 11) is 0. The van der Waals surface area contributed by atoms with Crippen LogP contribution >= 0.6 is 23.6 Å². The van der Waals surface area contributed by atoms with E-state index in [0.29, 0.717) is 0 Å². The lowest BCUT2D eigenvalue weighted by molar-refractivity contribution is 0.0382. The number of aromatic nitrogens is 4. The molecule has 0 spiro atoms. The van der Waals surface area contributed by atoms with Crippen LogP contribution in [0.15, 0.2) is 0 Å². The van der Waals surface area contributed by atoms with Gasteiger partial charge in [-0.1, -0.05) is 11.3 Å². The van der Waals surface area contributed by atoms with E-state index in [-0.39, 0.29) is 0 Å². The zero-order chi connectivity index (χ0) is 11.7. The Hall–Kier alpha value is -0.830. The smallest absolute Gasteiger partial charge is 0.233 e. The molecule has 0 radical (unpaired) electrons. The Morgan fingerprint density at radius 3 is 3.00 bits per heavy atom. The van der Waals surface area contributed by atoms with Gasteiger partial charge in [0.2, 0.25) is 4.96 Å². The molecule has 3 heterocycles. The molecule has 2 aromatic heterocycles. The minimum Gasteiger partial charge on any atom is -0.379 e. The lowest BCUT2D eigenvalue weighted by Crippen LogP contribution is -2.37. The number of morpholine rings is 1. The third-order valence-corrected chi connectivity index (χ3v) is 3.91. The van der Waals surface area contributed by atoms with Crippen molar-refractivity contribution in [1.82, 2.24) is 24.7 Å². The van der Waals surface area contributed by atoms with Gasteiger partial charge < -0.3 is 4.74 Å². The van der Waals surface area contributed by atoms with Crippen LogP contribution in [0, 0.1) is 3.95 Å². The van der Waals surface area contributed by atoms with Crippen LogP contribution in [-0.4, -0.2) is 57.6 Å². The van der Waals surface area contributed by atoms with Crippen molar-refractivity contribution in [2.45, 2.75) is 6.42 Å². The van der Waals surface area contributed by atoms with Gasteiger partial charge in [0.1, 0.15) is 0 Å². The van der Waals surface area contributed by atoms with Crippen LogP contribution in [0.2, 0.25) is 0 Å². The summed E-state index contributed by atoms with van der Waals surface area (Å²) in [6, 6.07) is 0. The Morgan fingerprint density at radius 2 is 2.18 bits per heavy atom. The Kier molecular flexibility index (Phi) is 3.19. The summed E-state index contributed by atoms with van der Waals surface area (Å²) in [6.07, 6.45) is 0.878. The number of H-pyrrole nitrogens is 1. The lowest BCUT2D eigenvalue weighted by atomic mass is 10.3. The number of hydrogen-bond donors (Lipinski definition) is 1. The minimum absolute atomic E-state index is 0.738. The van der Waals surface area contributed by atoms with Gasteiger partial charge in [0.15, 0.2) is 9.78 Å². The second-order valence-electron chi connectivity index (χ2n) is 3.94. The van der Waals surface area contributed by atoms with E-state index >= 15 is 0 Å². The summed E-state index contributed by atoms with van der Waals surface area (Å²) in [5, 5.41) is 11.3. The minimum atomic E-state index is 0.738. The van der Waals surface area contributed by atoms with Gasteiger partial charge in [0, 0.05) is 26.1 Å². The molecule has 3 rings (SSSR count). The van der Waals surface area contributed by atoms with Crippen LogP contribution in [0.25, 0.3) is 4.96 Å². The first kappa shape index (κ1) is 11.3. The van der Waals surface area contributed by atoms with Crippen molar-refractivity contribution in [2.24, 2.45) is 0 Å². The summed E-state index contributed by atoms with van der Waals surface area (Å²) in [5.74, 6) is 0.943. The molecule has 8 heteroatoms. The lowest BCUT2D eigenvalue weighted by Gasteiger charge is -2.25. The fourth-order valence-electron chi connectivity index (χ4n) is 1.92. The molecule has 1 saturated heterocycles. The molecule has 2 aromatic rings. The van der Waals surface area contributed by atoms with Gasteiger partial charge in [-0.2, -0.15) is 0 Å². The first-order valence-electron chi connectivity index (χ1n) is 5.56. The van der Waals surface area contributed by atoms with Crippen LogP contribution < -0.4 is 0 Å². The van der Waals surface area contributed by atoms with E-state index in [9.17, 15) is 0 Å². The van der Waals surface area contributed by atoms with Crippen LogP contribution in [0.5, 0.6) is 0 Å². The molecule has 0 saturated carbocycles. The molecule has 6 nitrogen and oxygen atoms in total. The summed E-state index contributed by atoms with van der Waals surface area (Å²) in [6.45, 7) is 4.65. The molecular weight excluding hydrogens is 258 g/mol. The maximum absolute atomic E-state index is 5.32. The Labute approximate surface area is 107 Å². The van der Waals surface area contributed by atoms with E-state index in [4.69, 9.17) is 17.0 Å². The second kappa shape index (κ2) is 4.81. The molecule has 17 heavy (non-hydrogen) atoms. The van der Waals surface area contributed by atoms with Crippen LogP contribution in [-0.2, 0) is 11.2 Å². The van der Waals surface area contributed by atoms with E-state index < -0.39 is 0 Å². The predicted octanol–water partition coefficient (Wildman–Crippen LogP) is 0.723. The zero-order valence-corrected chi connectivity index (χ0v) is 10.9. The van der Waals surface area contributed by atoms with Gasteiger partial charge in [-0.15, -0.1) is 10.2 Å². The average molecular weight is 271 g/mol. The molecule has 0 bridgehead atoms. The molecule has 1 aliphatic rings. The molecule has 92 valence electrons. The molecule has 0 unspecified atom stereocenters. The van der Waals surface area contributed by atoms with Crippen molar-refractivity contribution in [3.05, 3.63) is 9.78 Å². The number of aromatic amines is 1. The molecule has 1 fully saturated rings. The summed E-state index contributed by atoms with van der Waals surface area (Å²) in [4.78, 5) is 3.22. The van der Waals surface area contributed by atoms with Gasteiger partial charge in [0.05, 0.1) is 13.2 Å². The second-order valence-corrected chi connectivity index (χ2v) is 5.58. The number of fused-ring (bicyclic) bond motifs is 1. The highest BCUT2D eigenvalue weighted by Gasteiger charge is 2.13. The Morgan fingerprint density at radius 1 is 1.35 bits per heavy atom. The molecule has 0 amide bonds. The number of rotatable bonds is 3. The Balaban J connectivity index is 1.69. The molecule has 0 atom stereocenters. The molecule has 0 aromatic carbocycles. The fourth-order valence-corrected chi connectivity index (χ4v) is 2.86. The maximum atomic E-state index is 5.32. The molecule has 0 aliphatic carbocycles. The monoisotopic (exact) mass is 271 g/mol. The third-order valence-electron chi connectivity index (χ3n) is 2.84. The van der Waals surface area contributed by atoms with Crippen molar-refractivity contribution in [2.75, 3.05) is 32.8 Å². The SMILES string of the molecule is S=c1[nH]n2c(CCN3CCOCC3)nnc2s1. The van der Waals surface area contributed by atoms with Gasteiger partial charge >= 0.3 is 0 Å². The van der Waals surface area contributed by atoms with E-state index in [1.165, 1.54) is 11.3 Å². The summed E-state index contributed by atoms with van der Waals surface area (Å²) >= 11 is 6.53. The molecule has 1 N–H and O–H groups in total. The van der Waals surface area contributed by atoms with E-state index in [1.54, 1.807) is 0 Å². The van der Waals surface area contributed by atoms with E-state index in [1.807, 2.05) is 4.52 Å². The van der Waals surface area contributed by atoms with Crippen molar-refractivity contribution >= 4 is 28.5 Å². The van der Waals surface area contributed by atoms with Gasteiger partial charge in [-0.25, -0.2) is 4.52 Å². The quantitative estimate of drug-likeness (QED) is 0.834. The standard InChI is InChI=1S/C9H13N5OS2/c16-9-12-14-7(10-11-8(14)17-9)1-2-13-3-5-15-6-4-13/h1-6H2,(H,12,16). The normalized spacial score (nSPS) is 17.9. The van der Waals surface area contributed by atoms with E-state index in [2.05, 4.69) is 20.2 Å². The van der Waals surface area contributed by atoms with Crippen LogP contribution in [0.1, 0.15) is 5.82 Å². The molecular formula is C9H13N5OS2. The van der Waals surface area contributed by atoms with Gasteiger partial charge in [-0.05, 0) is 12.2 Å². The van der Waals surface area contributed by atoms with Crippen molar-refractivity contribution in [3.8, 4) is 0 Å². The zero-order valence-electron chi connectivity index (χ0n) is 9.26. The maximum Gasteiger partial charge on any atom is 0.233 e. The summed E-state index contributed by atoms with van der Waals surface area (Å²) in [5.41, 5.74) is 0. The third kappa shape index (κ3) is 2.39. The largest absolute Gasteiger partial charge is 0.379 e. The number of nitrogens with one attached hydrogen (secondary N) is 1. The van der Waals surface area contributed by atoms with Gasteiger partial charge in [-0.3, -0.25) is 10.00 Å². The van der Waals surface area contributed by atoms with Crippen LogP contribution in [0.4, 0.5) is 0 Å². The van der Waals surface area contributed by atoms with Crippen molar-refractivity contribution in [3.63, 3.8) is 0 Å². The first-order valence-corrected chi connectivity index (χ1v) is 6.78. The molecule has 1 aliphatic heterocycles. The predicted molar refractivity (Wildman–Crippen MR) is 67.0 cm³/mol. The Bertz CT molecular complexity index is 553. The average Bonchev–Trinajstić information content (AvgIpc) is 2.87. The highest BCUT2D eigenvalue weighted by Crippen LogP contribution is 2.10. The highest BCUT2D eigenvalue weighted by atomic mass is 32.1. The van der Waals surface area contributed by atoms with Crippen molar-refractivity contribution in [1.29, 1.82) is 0 Å². The first-order chi connectivity index (χ1) is 8.33. The van der Waals surface area contributed by atoms with Crippen molar-refractivity contribution < 1.29 is 4.74 Å². The number of nitrogens with zero attached hydrogens (tertiary/aromatic N) is 4. The van der Waals surface area contributed by atoms with E-state index in [0.717, 1.165) is 54.0 Å². The number of ether oxygens (including phenoxy) is 1. The highest BCUT2D eigenvalue weighted by molar-refractivity contribution is 7.73. The topological polar surface area (TPSA) is 58.5 Å². The van der Waals surface area contributed by atoms with Gasteiger partial charge in [0.25, 0.3) is 0 Å².